The van der Waals surface area contributed by atoms with Crippen molar-refractivity contribution in [1.82, 2.24) is 4.90 Å². The minimum Gasteiger partial charge on any atom is -0.490 e. The second-order valence-corrected chi connectivity index (χ2v) is 9.10. The predicted molar refractivity (Wildman–Crippen MR) is 137 cm³/mol. The van der Waals surface area contributed by atoms with E-state index in [1.807, 2.05) is 61.5 Å². The van der Waals surface area contributed by atoms with Gasteiger partial charge in [-0.05, 0) is 47.5 Å². The number of carbonyl (C=O) groups is 1. The van der Waals surface area contributed by atoms with Gasteiger partial charge in [0.25, 0.3) is 5.91 Å². The van der Waals surface area contributed by atoms with Crippen molar-refractivity contribution in [2.45, 2.75) is 32.4 Å². The summed E-state index contributed by atoms with van der Waals surface area (Å²) in [6.45, 7) is 3.86. The van der Waals surface area contributed by atoms with E-state index in [0.29, 0.717) is 23.7 Å². The topological polar surface area (TPSA) is 116 Å². The van der Waals surface area contributed by atoms with E-state index in [1.165, 1.54) is 0 Å². The quantitative estimate of drug-likeness (QED) is 0.386. The van der Waals surface area contributed by atoms with E-state index in [2.05, 4.69) is 4.90 Å². The SMILES string of the molecule is CC(=N)N1CCC(Oc2ccc3c(c2)OCC(=O)N3Cc2ccc3ccc(C(=N)N)cc3c2)CC1. The highest BCUT2D eigenvalue weighted by atomic mass is 16.5. The lowest BCUT2D eigenvalue weighted by Crippen LogP contribution is -2.40. The first-order valence-electron chi connectivity index (χ1n) is 11.8. The Morgan fingerprint density at radius 1 is 1.06 bits per heavy atom. The van der Waals surface area contributed by atoms with Crippen LogP contribution in [0.25, 0.3) is 10.8 Å². The molecule has 4 N–H and O–H groups in total. The first-order chi connectivity index (χ1) is 16.9. The lowest BCUT2D eigenvalue weighted by Gasteiger charge is -2.33. The number of nitrogens with one attached hydrogen (secondary N) is 2. The van der Waals surface area contributed by atoms with Gasteiger partial charge in [0.2, 0.25) is 0 Å². The molecule has 0 saturated carbocycles. The molecule has 3 aromatic carbocycles. The van der Waals surface area contributed by atoms with Gasteiger partial charge in [0.1, 0.15) is 23.4 Å². The van der Waals surface area contributed by atoms with Crippen LogP contribution in [0.2, 0.25) is 0 Å². The number of carbonyl (C=O) groups excluding carboxylic acids is 1. The summed E-state index contributed by atoms with van der Waals surface area (Å²) < 4.78 is 11.9. The number of piperidine rings is 1. The molecule has 0 unspecified atom stereocenters. The molecule has 1 amide bonds. The van der Waals surface area contributed by atoms with Gasteiger partial charge < -0.3 is 25.0 Å². The van der Waals surface area contributed by atoms with Crippen molar-refractivity contribution in [2.24, 2.45) is 5.73 Å². The Labute approximate surface area is 204 Å². The number of nitrogens with two attached hydrogens (primary N) is 1. The zero-order valence-corrected chi connectivity index (χ0v) is 19.7. The monoisotopic (exact) mass is 471 g/mol. The Hall–Kier alpha value is -4.07. The highest BCUT2D eigenvalue weighted by Crippen LogP contribution is 2.37. The van der Waals surface area contributed by atoms with Crippen LogP contribution in [-0.2, 0) is 11.3 Å². The van der Waals surface area contributed by atoms with Crippen LogP contribution in [0.5, 0.6) is 11.5 Å². The number of ether oxygens (including phenoxy) is 2. The largest absolute Gasteiger partial charge is 0.490 e. The van der Waals surface area contributed by atoms with Gasteiger partial charge in [-0.3, -0.25) is 15.6 Å². The maximum absolute atomic E-state index is 12.8. The fourth-order valence-electron chi connectivity index (χ4n) is 4.68. The fourth-order valence-corrected chi connectivity index (χ4v) is 4.68. The summed E-state index contributed by atoms with van der Waals surface area (Å²) in [5.74, 6) is 1.89. The van der Waals surface area contributed by atoms with E-state index in [1.54, 1.807) is 4.90 Å². The van der Waals surface area contributed by atoms with Crippen LogP contribution in [0.4, 0.5) is 5.69 Å². The van der Waals surface area contributed by atoms with E-state index >= 15 is 0 Å². The molecule has 0 radical (unpaired) electrons. The van der Waals surface area contributed by atoms with Gasteiger partial charge >= 0.3 is 0 Å². The van der Waals surface area contributed by atoms with Gasteiger partial charge in [-0.1, -0.05) is 24.3 Å². The number of rotatable bonds is 5. The number of amides is 1. The van der Waals surface area contributed by atoms with Gasteiger partial charge in [-0.2, -0.15) is 0 Å². The molecule has 2 heterocycles. The minimum absolute atomic E-state index is 0.0183. The highest BCUT2D eigenvalue weighted by Gasteiger charge is 2.27. The summed E-state index contributed by atoms with van der Waals surface area (Å²) in [5.41, 5.74) is 8.03. The summed E-state index contributed by atoms with van der Waals surface area (Å²) in [6, 6.07) is 17.4. The molecule has 0 aromatic heterocycles. The molecule has 35 heavy (non-hydrogen) atoms. The van der Waals surface area contributed by atoms with Crippen LogP contribution >= 0.6 is 0 Å². The third-order valence-corrected chi connectivity index (χ3v) is 6.65. The Bertz CT molecular complexity index is 1310. The average Bonchev–Trinajstić information content (AvgIpc) is 2.85. The number of anilines is 1. The molecular weight excluding hydrogens is 442 g/mol. The lowest BCUT2D eigenvalue weighted by atomic mass is 10.0. The molecule has 1 fully saturated rings. The number of likely N-dealkylation sites (tertiary alicyclic amines) is 1. The predicted octanol–water partition coefficient (Wildman–Crippen LogP) is 3.89. The molecule has 2 aliphatic heterocycles. The van der Waals surface area contributed by atoms with Gasteiger partial charge in [-0.15, -0.1) is 0 Å². The third kappa shape index (κ3) is 4.77. The number of nitrogen functional groups attached to an aromatic ring is 1. The molecule has 0 aliphatic carbocycles. The zero-order chi connectivity index (χ0) is 24.5. The van der Waals surface area contributed by atoms with E-state index in [-0.39, 0.29) is 24.5 Å². The summed E-state index contributed by atoms with van der Waals surface area (Å²) >= 11 is 0. The van der Waals surface area contributed by atoms with Crippen LogP contribution in [0.3, 0.4) is 0 Å². The van der Waals surface area contributed by atoms with Crippen molar-refractivity contribution >= 4 is 34.0 Å². The molecule has 2 aliphatic rings. The molecule has 0 spiro atoms. The third-order valence-electron chi connectivity index (χ3n) is 6.65. The molecule has 8 heteroatoms. The second kappa shape index (κ2) is 9.29. The Morgan fingerprint density at radius 3 is 2.57 bits per heavy atom. The summed E-state index contributed by atoms with van der Waals surface area (Å²) in [6.07, 6.45) is 1.83. The molecule has 180 valence electrons. The van der Waals surface area contributed by atoms with Crippen molar-refractivity contribution in [2.75, 3.05) is 24.6 Å². The van der Waals surface area contributed by atoms with Crippen LogP contribution in [0.1, 0.15) is 30.9 Å². The Balaban J connectivity index is 1.33. The van der Waals surface area contributed by atoms with Crippen molar-refractivity contribution in [3.05, 3.63) is 65.7 Å². The lowest BCUT2D eigenvalue weighted by molar-refractivity contribution is -0.121. The van der Waals surface area contributed by atoms with Crippen molar-refractivity contribution in [3.63, 3.8) is 0 Å². The Kier molecular flexibility index (Phi) is 6.03. The normalized spacial score (nSPS) is 16.1. The molecular formula is C27H29N5O3. The minimum atomic E-state index is -0.0989. The van der Waals surface area contributed by atoms with E-state index in [9.17, 15) is 4.79 Å². The standard InChI is InChI=1S/C27H29N5O3/c1-17(28)31-10-8-22(9-11-31)35-23-6-7-24-25(14-23)34-16-26(33)32(24)15-18-2-3-19-4-5-20(27(29)30)13-21(19)12-18/h2-7,12-14,22,28H,8-11,15-16H2,1H3,(H3,29,30). The van der Waals surface area contributed by atoms with E-state index in [4.69, 9.17) is 26.0 Å². The van der Waals surface area contributed by atoms with Crippen LogP contribution in [-0.4, -0.2) is 48.3 Å². The molecule has 8 nitrogen and oxygen atoms in total. The van der Waals surface area contributed by atoms with Gasteiger partial charge in [0.05, 0.1) is 18.1 Å². The molecule has 0 bridgehead atoms. The number of fused-ring (bicyclic) bond motifs is 2. The number of hydrogen-bond donors (Lipinski definition) is 3. The fraction of sp³-hybridized carbons (Fsp3) is 0.296. The summed E-state index contributed by atoms with van der Waals surface area (Å²) in [5, 5.41) is 17.5. The van der Waals surface area contributed by atoms with Crippen LogP contribution in [0.15, 0.2) is 54.6 Å². The molecule has 1 saturated heterocycles. The number of amidine groups is 2. The van der Waals surface area contributed by atoms with Crippen LogP contribution in [0, 0.1) is 10.8 Å². The van der Waals surface area contributed by atoms with Crippen LogP contribution < -0.4 is 20.1 Å². The molecule has 0 atom stereocenters. The second-order valence-electron chi connectivity index (χ2n) is 9.10. The maximum Gasteiger partial charge on any atom is 0.265 e. The first kappa shape index (κ1) is 22.7. The Morgan fingerprint density at radius 2 is 1.83 bits per heavy atom. The number of benzene rings is 3. The first-order valence-corrected chi connectivity index (χ1v) is 11.8. The summed E-state index contributed by atoms with van der Waals surface area (Å²) in [4.78, 5) is 16.6. The number of nitrogens with zero attached hydrogens (tertiary/aromatic N) is 2. The smallest absolute Gasteiger partial charge is 0.265 e. The highest BCUT2D eigenvalue weighted by molar-refractivity contribution is 6.00. The van der Waals surface area contributed by atoms with Gasteiger partial charge in [0.15, 0.2) is 6.61 Å². The summed E-state index contributed by atoms with van der Waals surface area (Å²) in [7, 11) is 0. The van der Waals surface area contributed by atoms with Crippen molar-refractivity contribution < 1.29 is 14.3 Å². The van der Waals surface area contributed by atoms with E-state index in [0.717, 1.165) is 53.7 Å². The molecule has 3 aromatic rings. The van der Waals surface area contributed by atoms with Gasteiger partial charge in [0, 0.05) is 37.6 Å². The molecule has 5 rings (SSSR count). The van der Waals surface area contributed by atoms with E-state index < -0.39 is 0 Å². The van der Waals surface area contributed by atoms with Gasteiger partial charge in [-0.25, -0.2) is 0 Å². The average molecular weight is 472 g/mol. The zero-order valence-electron chi connectivity index (χ0n) is 19.7. The van der Waals surface area contributed by atoms with Crippen molar-refractivity contribution in [1.29, 1.82) is 10.8 Å². The maximum atomic E-state index is 12.8. The number of hydrogen-bond acceptors (Lipinski definition) is 5. The van der Waals surface area contributed by atoms with Crippen molar-refractivity contribution in [3.8, 4) is 11.5 Å².